The molecule has 1 heterocycles. The summed E-state index contributed by atoms with van der Waals surface area (Å²) in [6.07, 6.45) is 1.44. The second-order valence-electron chi connectivity index (χ2n) is 4.63. The van der Waals surface area contributed by atoms with E-state index in [4.69, 9.17) is 0 Å². The van der Waals surface area contributed by atoms with Crippen molar-refractivity contribution in [3.05, 3.63) is 41.1 Å². The Bertz CT molecular complexity index is 676. The summed E-state index contributed by atoms with van der Waals surface area (Å²) in [7, 11) is 1.28. The van der Waals surface area contributed by atoms with Gasteiger partial charge in [0, 0.05) is 6.92 Å². The van der Waals surface area contributed by atoms with Crippen molar-refractivity contribution >= 4 is 29.8 Å². The van der Waals surface area contributed by atoms with E-state index in [1.807, 2.05) is 0 Å². The number of carbonyl (C=O) groups is 4. The Morgan fingerprint density at radius 1 is 1.23 bits per heavy atom. The third kappa shape index (κ3) is 3.20. The fraction of sp³-hybridized carbons (Fsp3) is 0.200. The van der Waals surface area contributed by atoms with E-state index in [0.717, 1.165) is 4.90 Å². The lowest BCUT2D eigenvalue weighted by atomic mass is 10.1. The Labute approximate surface area is 126 Å². The molecule has 2 rings (SSSR count). The summed E-state index contributed by atoms with van der Waals surface area (Å²) < 4.78 is 4.59. The van der Waals surface area contributed by atoms with Crippen molar-refractivity contribution in [2.75, 3.05) is 13.7 Å². The smallest absolute Gasteiger partial charge is 0.337 e. The molecule has 0 spiro atoms. The van der Waals surface area contributed by atoms with Gasteiger partial charge in [-0.05, 0) is 23.8 Å². The molecule has 0 aromatic heterocycles. The molecule has 1 fully saturated rings. The van der Waals surface area contributed by atoms with Crippen LogP contribution in [0.15, 0.2) is 30.0 Å². The van der Waals surface area contributed by atoms with Crippen LogP contribution in [0.5, 0.6) is 0 Å². The third-order valence-corrected chi connectivity index (χ3v) is 3.07. The quantitative estimate of drug-likeness (QED) is 0.627. The highest BCUT2D eigenvalue weighted by atomic mass is 16.5. The Balaban J connectivity index is 2.27. The van der Waals surface area contributed by atoms with Crippen LogP contribution in [0, 0.1) is 0 Å². The van der Waals surface area contributed by atoms with Crippen LogP contribution in [0.3, 0.4) is 0 Å². The number of amides is 3. The average molecular weight is 302 g/mol. The number of imide groups is 1. The molecule has 7 nitrogen and oxygen atoms in total. The van der Waals surface area contributed by atoms with Crippen LogP contribution < -0.4 is 5.32 Å². The first-order chi connectivity index (χ1) is 10.4. The van der Waals surface area contributed by atoms with Crippen LogP contribution in [-0.4, -0.2) is 42.2 Å². The number of hydrogen-bond acceptors (Lipinski definition) is 5. The topological polar surface area (TPSA) is 92.8 Å². The van der Waals surface area contributed by atoms with Crippen LogP contribution >= 0.6 is 0 Å². The third-order valence-electron chi connectivity index (χ3n) is 3.07. The number of methoxy groups -OCH3 is 1. The number of carbonyl (C=O) groups excluding carboxylic acids is 4. The molecule has 0 radical (unpaired) electrons. The molecule has 1 saturated heterocycles. The summed E-state index contributed by atoms with van der Waals surface area (Å²) in [5.41, 5.74) is 0.980. The molecule has 1 aromatic rings. The van der Waals surface area contributed by atoms with Gasteiger partial charge >= 0.3 is 5.97 Å². The normalized spacial score (nSPS) is 16.5. The van der Waals surface area contributed by atoms with Gasteiger partial charge in [-0.3, -0.25) is 19.3 Å². The Morgan fingerprint density at radius 3 is 2.41 bits per heavy atom. The van der Waals surface area contributed by atoms with Crippen LogP contribution in [0.1, 0.15) is 22.8 Å². The maximum Gasteiger partial charge on any atom is 0.337 e. The van der Waals surface area contributed by atoms with Crippen LogP contribution in [0.4, 0.5) is 0 Å². The predicted octanol–water partition coefficient (Wildman–Crippen LogP) is 0.319. The van der Waals surface area contributed by atoms with Gasteiger partial charge < -0.3 is 10.1 Å². The van der Waals surface area contributed by atoms with E-state index >= 15 is 0 Å². The largest absolute Gasteiger partial charge is 0.465 e. The number of hydrogen-bond donors (Lipinski definition) is 1. The van der Waals surface area contributed by atoms with Crippen molar-refractivity contribution in [2.24, 2.45) is 0 Å². The lowest BCUT2D eigenvalue weighted by Crippen LogP contribution is -2.51. The number of ether oxygens (including phenoxy) is 1. The lowest BCUT2D eigenvalue weighted by Gasteiger charge is -2.25. The summed E-state index contributed by atoms with van der Waals surface area (Å²) >= 11 is 0. The molecule has 1 aliphatic heterocycles. The van der Waals surface area contributed by atoms with Gasteiger partial charge in [0.25, 0.3) is 5.91 Å². The van der Waals surface area contributed by atoms with Gasteiger partial charge in [0.05, 0.1) is 12.7 Å². The van der Waals surface area contributed by atoms with E-state index in [9.17, 15) is 19.2 Å². The molecule has 3 amide bonds. The SMILES string of the molecule is COC(=O)c1ccc(/C=C2\NC(=O)CN(C(C)=O)C2=O)cc1. The summed E-state index contributed by atoms with van der Waals surface area (Å²) in [5, 5.41) is 2.44. The Hall–Kier alpha value is -2.96. The monoisotopic (exact) mass is 302 g/mol. The summed E-state index contributed by atoms with van der Waals surface area (Å²) in [5.74, 6) is -1.97. The van der Waals surface area contributed by atoms with Crippen LogP contribution in [-0.2, 0) is 19.1 Å². The van der Waals surface area contributed by atoms with Gasteiger partial charge in [-0.15, -0.1) is 0 Å². The maximum atomic E-state index is 12.1. The summed E-state index contributed by atoms with van der Waals surface area (Å²) in [6.45, 7) is 0.937. The van der Waals surface area contributed by atoms with Gasteiger partial charge in [0.15, 0.2) is 0 Å². The van der Waals surface area contributed by atoms with E-state index in [2.05, 4.69) is 10.1 Å². The first-order valence-corrected chi connectivity index (χ1v) is 6.44. The zero-order valence-corrected chi connectivity index (χ0v) is 12.1. The van der Waals surface area contributed by atoms with Gasteiger partial charge in [0.1, 0.15) is 12.2 Å². The molecule has 0 unspecified atom stereocenters. The molecule has 0 aliphatic carbocycles. The number of esters is 1. The molecule has 1 N–H and O–H groups in total. The molecule has 114 valence electrons. The number of rotatable bonds is 2. The van der Waals surface area contributed by atoms with E-state index < -0.39 is 23.7 Å². The number of nitrogens with one attached hydrogen (secondary N) is 1. The summed E-state index contributed by atoms with van der Waals surface area (Å²) in [6, 6.07) is 6.28. The van der Waals surface area contributed by atoms with Crippen molar-refractivity contribution in [3.63, 3.8) is 0 Å². The van der Waals surface area contributed by atoms with Crippen molar-refractivity contribution in [3.8, 4) is 0 Å². The second kappa shape index (κ2) is 6.21. The second-order valence-corrected chi connectivity index (χ2v) is 4.63. The fourth-order valence-corrected chi connectivity index (χ4v) is 1.96. The van der Waals surface area contributed by atoms with Crippen LogP contribution in [0.25, 0.3) is 6.08 Å². The van der Waals surface area contributed by atoms with Gasteiger partial charge in [-0.25, -0.2) is 4.79 Å². The molecule has 0 atom stereocenters. The molecule has 1 aromatic carbocycles. The van der Waals surface area contributed by atoms with Crippen molar-refractivity contribution < 1.29 is 23.9 Å². The van der Waals surface area contributed by atoms with Crippen molar-refractivity contribution in [1.29, 1.82) is 0 Å². The number of piperazine rings is 1. The van der Waals surface area contributed by atoms with E-state index in [0.29, 0.717) is 11.1 Å². The minimum absolute atomic E-state index is 0.0114. The first-order valence-electron chi connectivity index (χ1n) is 6.44. The van der Waals surface area contributed by atoms with E-state index in [1.165, 1.54) is 32.2 Å². The molecular formula is C15H14N2O5. The molecule has 0 saturated carbocycles. The van der Waals surface area contributed by atoms with E-state index in [-0.39, 0.29) is 12.2 Å². The fourth-order valence-electron chi connectivity index (χ4n) is 1.96. The van der Waals surface area contributed by atoms with Crippen molar-refractivity contribution in [2.45, 2.75) is 6.92 Å². The molecule has 22 heavy (non-hydrogen) atoms. The first kappa shape index (κ1) is 15.4. The highest BCUT2D eigenvalue weighted by Crippen LogP contribution is 2.13. The number of nitrogens with zero attached hydrogens (tertiary/aromatic N) is 1. The highest BCUT2D eigenvalue weighted by molar-refractivity contribution is 6.12. The molecular weight excluding hydrogens is 288 g/mol. The average Bonchev–Trinajstić information content (AvgIpc) is 2.50. The van der Waals surface area contributed by atoms with Crippen molar-refractivity contribution in [1.82, 2.24) is 10.2 Å². The Kier molecular flexibility index (Phi) is 4.36. The molecule has 7 heteroatoms. The maximum absolute atomic E-state index is 12.1. The predicted molar refractivity (Wildman–Crippen MR) is 76.3 cm³/mol. The van der Waals surface area contributed by atoms with Gasteiger partial charge in [0.2, 0.25) is 11.8 Å². The number of benzene rings is 1. The molecule has 1 aliphatic rings. The minimum atomic E-state index is -0.566. The zero-order chi connectivity index (χ0) is 16.3. The van der Waals surface area contributed by atoms with E-state index in [1.54, 1.807) is 12.1 Å². The minimum Gasteiger partial charge on any atom is -0.465 e. The van der Waals surface area contributed by atoms with Crippen LogP contribution in [0.2, 0.25) is 0 Å². The standard InChI is InChI=1S/C15H14N2O5/c1-9(18)17-8-13(19)16-12(14(17)20)7-10-3-5-11(6-4-10)15(21)22-2/h3-7H,8H2,1-2H3,(H,16,19)/b12-7-. The molecule has 0 bridgehead atoms. The summed E-state index contributed by atoms with van der Waals surface area (Å²) in [4.78, 5) is 47.2. The zero-order valence-electron chi connectivity index (χ0n) is 12.1. The highest BCUT2D eigenvalue weighted by Gasteiger charge is 2.30. The van der Waals surface area contributed by atoms with Gasteiger partial charge in [-0.1, -0.05) is 12.1 Å². The van der Waals surface area contributed by atoms with Gasteiger partial charge in [-0.2, -0.15) is 0 Å². The Morgan fingerprint density at radius 2 is 1.86 bits per heavy atom. The lowest BCUT2D eigenvalue weighted by molar-refractivity contribution is -0.147.